The third-order valence-corrected chi connectivity index (χ3v) is 8.73. The zero-order valence-electron chi connectivity index (χ0n) is 24.5. The van der Waals surface area contributed by atoms with Crippen LogP contribution >= 0.6 is 11.6 Å². The van der Waals surface area contributed by atoms with Crippen molar-refractivity contribution in [3.05, 3.63) is 131 Å². The van der Waals surface area contributed by atoms with Crippen molar-refractivity contribution in [2.24, 2.45) is 0 Å². The van der Waals surface area contributed by atoms with E-state index in [4.69, 9.17) is 11.6 Å². The molecule has 43 heavy (non-hydrogen) atoms. The summed E-state index contributed by atoms with van der Waals surface area (Å²) in [7, 11) is -4.18. The molecule has 2 amide bonds. The van der Waals surface area contributed by atoms with Crippen molar-refractivity contribution in [3.8, 4) is 0 Å². The molecule has 0 radical (unpaired) electrons. The standard InChI is InChI=1S/C34H36ClN3O4S/c1-34(2,3)36-33(40)31(23-26-13-7-4-8-14-26)37(24-27-15-9-5-10-16-27)32(39)25-38(29-17-11-6-12-18-29)43(41,42)30-21-19-28(35)20-22-30/h4-22,31H,23-25H2,1-3H3,(H,36,40)/t31-/m1/s1. The van der Waals surface area contributed by atoms with Crippen LogP contribution in [0.1, 0.15) is 31.9 Å². The molecular formula is C34H36ClN3O4S. The van der Waals surface area contributed by atoms with Gasteiger partial charge in [-0.1, -0.05) is 90.5 Å². The molecule has 0 saturated heterocycles. The lowest BCUT2D eigenvalue weighted by molar-refractivity contribution is -0.140. The predicted molar refractivity (Wildman–Crippen MR) is 171 cm³/mol. The van der Waals surface area contributed by atoms with Gasteiger partial charge < -0.3 is 10.2 Å². The Labute approximate surface area is 259 Å². The molecule has 0 fully saturated rings. The van der Waals surface area contributed by atoms with Crippen LogP contribution in [0.5, 0.6) is 0 Å². The number of sulfonamides is 1. The fraction of sp³-hybridized carbons (Fsp3) is 0.235. The number of amides is 2. The van der Waals surface area contributed by atoms with E-state index in [1.807, 2.05) is 81.4 Å². The predicted octanol–water partition coefficient (Wildman–Crippen LogP) is 6.09. The van der Waals surface area contributed by atoms with Crippen molar-refractivity contribution in [1.82, 2.24) is 10.2 Å². The first-order valence-electron chi connectivity index (χ1n) is 14.0. The first-order valence-corrected chi connectivity index (χ1v) is 15.8. The van der Waals surface area contributed by atoms with Crippen LogP contribution in [-0.4, -0.2) is 43.3 Å². The number of rotatable bonds is 11. The topological polar surface area (TPSA) is 86.8 Å². The summed E-state index contributed by atoms with van der Waals surface area (Å²) in [5.41, 5.74) is 1.45. The van der Waals surface area contributed by atoms with Gasteiger partial charge in [0.2, 0.25) is 11.8 Å². The molecular weight excluding hydrogens is 582 g/mol. The zero-order chi connectivity index (χ0) is 31.0. The van der Waals surface area contributed by atoms with E-state index in [0.717, 1.165) is 15.4 Å². The molecule has 4 rings (SSSR count). The van der Waals surface area contributed by atoms with E-state index >= 15 is 0 Å². The van der Waals surface area contributed by atoms with Crippen molar-refractivity contribution >= 4 is 39.1 Å². The van der Waals surface area contributed by atoms with Gasteiger partial charge in [0.15, 0.2) is 0 Å². The van der Waals surface area contributed by atoms with Crippen LogP contribution in [0.3, 0.4) is 0 Å². The summed E-state index contributed by atoms with van der Waals surface area (Å²) in [6, 6.07) is 32.2. The molecule has 0 heterocycles. The Hall–Kier alpha value is -4.14. The monoisotopic (exact) mass is 617 g/mol. The van der Waals surface area contributed by atoms with Crippen LogP contribution < -0.4 is 9.62 Å². The number of hydrogen-bond acceptors (Lipinski definition) is 4. The Morgan fingerprint density at radius 1 is 0.767 bits per heavy atom. The highest BCUT2D eigenvalue weighted by molar-refractivity contribution is 7.92. The summed E-state index contributed by atoms with van der Waals surface area (Å²) in [6.45, 7) is 5.23. The summed E-state index contributed by atoms with van der Waals surface area (Å²) in [6.07, 6.45) is 0.247. The maximum atomic E-state index is 14.4. The van der Waals surface area contributed by atoms with Crippen LogP contribution in [0.2, 0.25) is 5.02 Å². The lowest BCUT2D eigenvalue weighted by atomic mass is 10.0. The van der Waals surface area contributed by atoms with Crippen molar-refractivity contribution in [2.45, 2.75) is 50.2 Å². The Morgan fingerprint density at radius 3 is 1.81 bits per heavy atom. The van der Waals surface area contributed by atoms with Gasteiger partial charge in [-0.3, -0.25) is 13.9 Å². The largest absolute Gasteiger partial charge is 0.350 e. The number of hydrogen-bond donors (Lipinski definition) is 1. The van der Waals surface area contributed by atoms with E-state index in [2.05, 4.69) is 5.32 Å². The third kappa shape index (κ3) is 8.69. The van der Waals surface area contributed by atoms with E-state index < -0.39 is 34.1 Å². The van der Waals surface area contributed by atoms with E-state index in [1.54, 1.807) is 30.3 Å². The SMILES string of the molecule is CC(C)(C)NC(=O)[C@@H](Cc1ccccc1)N(Cc1ccccc1)C(=O)CN(c1ccccc1)S(=O)(=O)c1ccc(Cl)cc1. The number of para-hydroxylation sites is 1. The maximum absolute atomic E-state index is 14.4. The molecule has 7 nitrogen and oxygen atoms in total. The molecule has 4 aromatic rings. The van der Waals surface area contributed by atoms with Gasteiger partial charge in [0, 0.05) is 23.5 Å². The fourth-order valence-electron chi connectivity index (χ4n) is 4.64. The van der Waals surface area contributed by atoms with Gasteiger partial charge in [-0.15, -0.1) is 0 Å². The van der Waals surface area contributed by atoms with E-state index in [-0.39, 0.29) is 23.8 Å². The molecule has 0 aliphatic heterocycles. The first kappa shape index (κ1) is 31.8. The Balaban J connectivity index is 1.78. The van der Waals surface area contributed by atoms with Crippen molar-refractivity contribution < 1.29 is 18.0 Å². The highest BCUT2D eigenvalue weighted by Gasteiger charge is 2.35. The molecule has 0 spiro atoms. The number of nitrogens with zero attached hydrogens (tertiary/aromatic N) is 2. The molecule has 0 bridgehead atoms. The average Bonchev–Trinajstić information content (AvgIpc) is 2.98. The second-order valence-corrected chi connectivity index (χ2v) is 13.6. The van der Waals surface area contributed by atoms with E-state index in [9.17, 15) is 18.0 Å². The number of nitrogens with one attached hydrogen (secondary N) is 1. The van der Waals surface area contributed by atoms with Gasteiger partial charge in [-0.05, 0) is 68.3 Å². The Kier molecular flexibility index (Phi) is 10.3. The summed E-state index contributed by atoms with van der Waals surface area (Å²) >= 11 is 6.03. The van der Waals surface area contributed by atoms with Gasteiger partial charge in [0.1, 0.15) is 12.6 Å². The summed E-state index contributed by atoms with van der Waals surface area (Å²) in [4.78, 5) is 29.7. The quantitative estimate of drug-likeness (QED) is 0.221. The molecule has 0 aromatic heterocycles. The molecule has 1 N–H and O–H groups in total. The van der Waals surface area contributed by atoms with E-state index in [0.29, 0.717) is 10.7 Å². The first-order chi connectivity index (χ1) is 20.4. The lowest BCUT2D eigenvalue weighted by Crippen LogP contribution is -2.56. The third-order valence-electron chi connectivity index (χ3n) is 6.69. The van der Waals surface area contributed by atoms with Gasteiger partial charge in [-0.2, -0.15) is 0 Å². The molecule has 0 aliphatic carbocycles. The number of halogens is 1. The van der Waals surface area contributed by atoms with Gasteiger partial charge in [-0.25, -0.2) is 8.42 Å². The van der Waals surface area contributed by atoms with Crippen molar-refractivity contribution in [1.29, 1.82) is 0 Å². The molecule has 0 aliphatic rings. The van der Waals surface area contributed by atoms with Gasteiger partial charge in [0.05, 0.1) is 10.6 Å². The van der Waals surface area contributed by atoms with Crippen molar-refractivity contribution in [3.63, 3.8) is 0 Å². The minimum Gasteiger partial charge on any atom is -0.350 e. The van der Waals surface area contributed by atoms with Gasteiger partial charge in [0.25, 0.3) is 10.0 Å². The Bertz CT molecular complexity index is 1610. The van der Waals surface area contributed by atoms with E-state index in [1.165, 1.54) is 29.2 Å². The molecule has 9 heteroatoms. The summed E-state index contributed by atoms with van der Waals surface area (Å²) < 4.78 is 29.0. The molecule has 0 saturated carbocycles. The fourth-order valence-corrected chi connectivity index (χ4v) is 6.18. The van der Waals surface area contributed by atoms with Crippen LogP contribution in [0.15, 0.2) is 120 Å². The number of anilines is 1. The van der Waals surface area contributed by atoms with Crippen LogP contribution in [-0.2, 0) is 32.6 Å². The average molecular weight is 618 g/mol. The maximum Gasteiger partial charge on any atom is 0.264 e. The summed E-state index contributed by atoms with van der Waals surface area (Å²) in [5.74, 6) is -0.845. The molecule has 1 atom stereocenters. The molecule has 0 unspecified atom stereocenters. The van der Waals surface area contributed by atoms with Crippen molar-refractivity contribution in [2.75, 3.05) is 10.8 Å². The van der Waals surface area contributed by atoms with Crippen LogP contribution in [0.4, 0.5) is 5.69 Å². The normalized spacial score (nSPS) is 12.3. The van der Waals surface area contributed by atoms with Crippen LogP contribution in [0.25, 0.3) is 0 Å². The number of carbonyl (C=O) groups excluding carboxylic acids is 2. The highest BCUT2D eigenvalue weighted by atomic mass is 35.5. The lowest BCUT2D eigenvalue weighted by Gasteiger charge is -2.35. The number of benzene rings is 4. The highest BCUT2D eigenvalue weighted by Crippen LogP contribution is 2.26. The smallest absolute Gasteiger partial charge is 0.264 e. The van der Waals surface area contributed by atoms with Gasteiger partial charge >= 0.3 is 0 Å². The zero-order valence-corrected chi connectivity index (χ0v) is 26.1. The minimum absolute atomic E-state index is 0.00512. The number of carbonyl (C=O) groups is 2. The minimum atomic E-state index is -4.18. The van der Waals surface area contributed by atoms with Crippen LogP contribution in [0, 0.1) is 0 Å². The molecule has 4 aromatic carbocycles. The second-order valence-electron chi connectivity index (χ2n) is 11.3. The Morgan fingerprint density at radius 2 is 1.28 bits per heavy atom. The summed E-state index contributed by atoms with van der Waals surface area (Å²) in [5, 5.41) is 3.42. The second kappa shape index (κ2) is 13.9. The molecule has 224 valence electrons.